The Morgan fingerprint density at radius 1 is 1.56 bits per heavy atom. The summed E-state index contributed by atoms with van der Waals surface area (Å²) in [5.41, 5.74) is 0. The number of carbonyl (C=O) groups excluding carboxylic acids is 1. The molecule has 0 aromatic carbocycles. The summed E-state index contributed by atoms with van der Waals surface area (Å²) in [6.07, 6.45) is 4.31. The zero-order valence-electron chi connectivity index (χ0n) is 9.35. The van der Waals surface area contributed by atoms with Gasteiger partial charge in [-0.15, -0.1) is 0 Å². The first-order valence-corrected chi connectivity index (χ1v) is 5.41. The van der Waals surface area contributed by atoms with E-state index in [2.05, 4.69) is 9.79 Å². The molecule has 1 heterocycles. The summed E-state index contributed by atoms with van der Waals surface area (Å²) in [5, 5.41) is 14.1. The number of aromatic nitrogens is 2. The Morgan fingerprint density at radius 3 is 3.00 bits per heavy atom. The monoisotopic (exact) mass is 228 g/mol. The summed E-state index contributed by atoms with van der Waals surface area (Å²) < 4.78 is 10.6. The van der Waals surface area contributed by atoms with Crippen LogP contribution in [0.15, 0.2) is 10.7 Å². The Hall–Kier alpha value is -1.59. The molecule has 1 aromatic rings. The summed E-state index contributed by atoms with van der Waals surface area (Å²) in [4.78, 5) is 11.0. The van der Waals surface area contributed by atoms with Crippen LogP contribution in [0.3, 0.4) is 0 Å². The molecule has 0 aliphatic carbocycles. The van der Waals surface area contributed by atoms with Crippen molar-refractivity contribution < 1.29 is 23.8 Å². The van der Waals surface area contributed by atoms with Crippen molar-refractivity contribution >= 4 is 5.97 Å². The summed E-state index contributed by atoms with van der Waals surface area (Å²) in [7, 11) is 0. The lowest BCUT2D eigenvalue weighted by Gasteiger charge is -1.99. The van der Waals surface area contributed by atoms with Gasteiger partial charge in [-0.3, -0.25) is 4.79 Å². The van der Waals surface area contributed by atoms with Crippen molar-refractivity contribution in [2.24, 2.45) is 0 Å². The lowest BCUT2D eigenvalue weighted by Crippen LogP contribution is -2.34. The van der Waals surface area contributed by atoms with Gasteiger partial charge in [0.25, 0.3) is 0 Å². The average molecular weight is 228 g/mol. The topological polar surface area (TPSA) is 79.3 Å². The van der Waals surface area contributed by atoms with E-state index in [0.29, 0.717) is 19.6 Å². The maximum Gasteiger partial charge on any atom is 0.305 e. The van der Waals surface area contributed by atoms with Gasteiger partial charge < -0.3 is 14.4 Å². The number of aryl methyl sites for hydroxylation is 1. The maximum atomic E-state index is 11.0. The van der Waals surface area contributed by atoms with Crippen LogP contribution in [0, 0.1) is 0 Å². The molecule has 90 valence electrons. The molecule has 0 aliphatic heterocycles. The van der Waals surface area contributed by atoms with Gasteiger partial charge in [-0.25, -0.2) is 0 Å². The molecule has 16 heavy (non-hydrogen) atoms. The quantitative estimate of drug-likeness (QED) is 0.377. The van der Waals surface area contributed by atoms with E-state index in [9.17, 15) is 9.90 Å². The van der Waals surface area contributed by atoms with Crippen LogP contribution >= 0.6 is 0 Å². The van der Waals surface area contributed by atoms with Crippen LogP contribution < -0.4 is 9.79 Å². The zero-order valence-corrected chi connectivity index (χ0v) is 9.35. The molecule has 0 saturated heterocycles. The molecular formula is C10H16N2O4. The number of rotatable bonds is 7. The Balaban J connectivity index is 2.02. The molecule has 1 rings (SSSR count). The van der Waals surface area contributed by atoms with E-state index in [1.54, 1.807) is 6.92 Å². The van der Waals surface area contributed by atoms with Crippen molar-refractivity contribution in [1.82, 2.24) is 5.27 Å². The van der Waals surface area contributed by atoms with E-state index < -0.39 is 5.95 Å². The zero-order chi connectivity index (χ0) is 11.8. The molecule has 0 fully saturated rings. The van der Waals surface area contributed by atoms with Gasteiger partial charge in [0.2, 0.25) is 6.20 Å². The normalized spacial score (nSPS) is 10.3. The van der Waals surface area contributed by atoms with Gasteiger partial charge in [0, 0.05) is 12.8 Å². The number of carbonyl (C=O) groups is 1. The Labute approximate surface area is 93.8 Å². The highest BCUT2D eigenvalue weighted by Crippen LogP contribution is 2.02. The van der Waals surface area contributed by atoms with Gasteiger partial charge in [0.1, 0.15) is 5.95 Å². The molecule has 0 bridgehead atoms. The second-order valence-electron chi connectivity index (χ2n) is 3.40. The molecular weight excluding hydrogens is 212 g/mol. The van der Waals surface area contributed by atoms with Gasteiger partial charge in [0.05, 0.1) is 11.9 Å². The van der Waals surface area contributed by atoms with Crippen LogP contribution in [0.5, 0.6) is 5.95 Å². The largest absolute Gasteiger partial charge is 0.539 e. The molecule has 0 aliphatic rings. The van der Waals surface area contributed by atoms with Gasteiger partial charge in [-0.05, 0) is 19.8 Å². The van der Waals surface area contributed by atoms with Gasteiger partial charge in [-0.1, -0.05) is 4.68 Å². The highest BCUT2D eigenvalue weighted by atomic mass is 16.6. The fraction of sp³-hybridized carbons (Fsp3) is 0.700. The number of esters is 1. The third kappa shape index (κ3) is 4.77. The molecule has 6 nitrogen and oxygen atoms in total. The first kappa shape index (κ1) is 12.5. The van der Waals surface area contributed by atoms with Crippen molar-refractivity contribution in [3.8, 4) is 5.95 Å². The van der Waals surface area contributed by atoms with Crippen molar-refractivity contribution in [3.63, 3.8) is 0 Å². The van der Waals surface area contributed by atoms with Crippen LogP contribution in [-0.4, -0.2) is 17.8 Å². The molecule has 0 N–H and O–H groups in total. The number of unbranched alkanes of at least 4 members (excludes halogenated alkanes) is 2. The Kier molecular flexibility index (Phi) is 5.31. The Bertz CT molecular complexity index is 324. The van der Waals surface area contributed by atoms with Crippen LogP contribution in [0.4, 0.5) is 0 Å². The fourth-order valence-electron chi connectivity index (χ4n) is 1.32. The van der Waals surface area contributed by atoms with Crippen molar-refractivity contribution in [2.45, 2.75) is 39.2 Å². The standard InChI is InChI=1S/C10H16N2O4/c1-2-15-9(13)6-4-3-5-7-12-8-10(14)16-11-12/h8H,2-7H2,1H3. The van der Waals surface area contributed by atoms with Crippen LogP contribution in [-0.2, 0) is 16.1 Å². The van der Waals surface area contributed by atoms with E-state index in [1.807, 2.05) is 0 Å². The van der Waals surface area contributed by atoms with Gasteiger partial charge in [-0.2, -0.15) is 0 Å². The number of hydrogen-bond acceptors (Lipinski definition) is 5. The Morgan fingerprint density at radius 2 is 2.38 bits per heavy atom. The molecule has 0 radical (unpaired) electrons. The van der Waals surface area contributed by atoms with E-state index in [0.717, 1.165) is 19.3 Å². The number of hydrogen-bond donors (Lipinski definition) is 0. The first-order valence-electron chi connectivity index (χ1n) is 5.41. The van der Waals surface area contributed by atoms with Gasteiger partial charge >= 0.3 is 5.97 Å². The van der Waals surface area contributed by atoms with E-state index in [1.165, 1.54) is 10.9 Å². The highest BCUT2D eigenvalue weighted by molar-refractivity contribution is 5.69. The summed E-state index contributed by atoms with van der Waals surface area (Å²) in [5.74, 6) is -0.593. The molecule has 0 atom stereocenters. The molecule has 1 aromatic heterocycles. The van der Waals surface area contributed by atoms with E-state index >= 15 is 0 Å². The third-order valence-electron chi connectivity index (χ3n) is 2.06. The predicted octanol–water partition coefficient (Wildman–Crippen LogP) is 0.159. The average Bonchev–Trinajstić information content (AvgIpc) is 2.64. The smallest absolute Gasteiger partial charge is 0.305 e. The fourth-order valence-corrected chi connectivity index (χ4v) is 1.32. The van der Waals surface area contributed by atoms with E-state index in [4.69, 9.17) is 4.74 Å². The molecule has 6 heteroatoms. The minimum atomic E-state index is -0.438. The van der Waals surface area contributed by atoms with Gasteiger partial charge in [0.15, 0.2) is 6.54 Å². The molecule has 0 amide bonds. The third-order valence-corrected chi connectivity index (χ3v) is 2.06. The first-order chi connectivity index (χ1) is 7.72. The number of nitrogens with zero attached hydrogens (tertiary/aromatic N) is 2. The van der Waals surface area contributed by atoms with E-state index in [-0.39, 0.29) is 5.97 Å². The number of ether oxygens (including phenoxy) is 1. The van der Waals surface area contributed by atoms with Crippen LogP contribution in [0.25, 0.3) is 0 Å². The SMILES string of the molecule is CCOC(=O)CCCCC[n+]1cc([O-])on1. The maximum absolute atomic E-state index is 11.0. The summed E-state index contributed by atoms with van der Waals surface area (Å²) in [6, 6.07) is 0. The molecule has 0 spiro atoms. The minimum absolute atomic E-state index is 0.154. The minimum Gasteiger partial charge on any atom is -0.539 e. The molecule has 0 saturated carbocycles. The van der Waals surface area contributed by atoms with Crippen molar-refractivity contribution in [3.05, 3.63) is 6.20 Å². The second kappa shape index (κ2) is 6.81. The van der Waals surface area contributed by atoms with Crippen molar-refractivity contribution in [2.75, 3.05) is 6.61 Å². The van der Waals surface area contributed by atoms with Crippen molar-refractivity contribution in [1.29, 1.82) is 0 Å². The summed E-state index contributed by atoms with van der Waals surface area (Å²) >= 11 is 0. The van der Waals surface area contributed by atoms with Crippen LogP contribution in [0.1, 0.15) is 32.6 Å². The lowest BCUT2D eigenvalue weighted by atomic mass is 10.2. The predicted molar refractivity (Wildman–Crippen MR) is 51.2 cm³/mol. The highest BCUT2D eigenvalue weighted by Gasteiger charge is 2.04. The lowest BCUT2D eigenvalue weighted by molar-refractivity contribution is -0.762. The van der Waals surface area contributed by atoms with Crippen LogP contribution in [0.2, 0.25) is 0 Å². The molecule has 0 unspecified atom stereocenters. The second-order valence-corrected chi connectivity index (χ2v) is 3.40. The summed E-state index contributed by atoms with van der Waals surface area (Å²) in [6.45, 7) is 2.86.